The fourth-order valence-electron chi connectivity index (χ4n) is 1.83. The van der Waals surface area contributed by atoms with Crippen molar-refractivity contribution in [3.8, 4) is 0 Å². The van der Waals surface area contributed by atoms with Crippen molar-refractivity contribution in [2.24, 2.45) is 5.92 Å². The van der Waals surface area contributed by atoms with Gasteiger partial charge in [-0.1, -0.05) is 55.7 Å². The van der Waals surface area contributed by atoms with Crippen LogP contribution in [0.3, 0.4) is 0 Å². The Labute approximate surface area is 93.1 Å². The minimum atomic E-state index is 0.00347. The number of benzene rings is 1. The molecule has 1 fully saturated rings. The maximum Gasteiger partial charge on any atom is 0.0565 e. The molecule has 1 N–H and O–H groups in total. The molecule has 2 unspecified atom stereocenters. The SMILES string of the molecule is CC1CCCCC1O.Cc1ccccc1. The van der Waals surface area contributed by atoms with Crippen molar-refractivity contribution in [1.29, 1.82) is 0 Å². The van der Waals surface area contributed by atoms with Gasteiger partial charge in [-0.05, 0) is 25.7 Å². The summed E-state index contributed by atoms with van der Waals surface area (Å²) in [6, 6.07) is 10.3. The Morgan fingerprint density at radius 2 is 1.67 bits per heavy atom. The van der Waals surface area contributed by atoms with Crippen LogP contribution in [-0.2, 0) is 0 Å². The lowest BCUT2D eigenvalue weighted by molar-refractivity contribution is 0.0793. The Morgan fingerprint density at radius 1 is 1.07 bits per heavy atom. The smallest absolute Gasteiger partial charge is 0.0565 e. The van der Waals surface area contributed by atoms with E-state index in [2.05, 4.69) is 26.0 Å². The molecular formula is C14H22O. The van der Waals surface area contributed by atoms with Crippen molar-refractivity contribution < 1.29 is 5.11 Å². The van der Waals surface area contributed by atoms with Gasteiger partial charge < -0.3 is 5.11 Å². The molecule has 1 aromatic carbocycles. The third kappa shape index (κ3) is 4.98. The van der Waals surface area contributed by atoms with E-state index in [1.54, 1.807) is 0 Å². The molecule has 0 bridgehead atoms. The van der Waals surface area contributed by atoms with Crippen LogP contribution in [0.5, 0.6) is 0 Å². The molecule has 2 atom stereocenters. The Kier molecular flexibility index (Phi) is 5.41. The van der Waals surface area contributed by atoms with Crippen LogP contribution in [0.2, 0.25) is 0 Å². The first-order valence-electron chi connectivity index (χ1n) is 5.90. The molecule has 1 saturated carbocycles. The fourth-order valence-corrected chi connectivity index (χ4v) is 1.83. The molecule has 0 saturated heterocycles. The molecule has 0 aliphatic heterocycles. The zero-order valence-electron chi connectivity index (χ0n) is 9.82. The summed E-state index contributed by atoms with van der Waals surface area (Å²) in [4.78, 5) is 0. The third-order valence-electron chi connectivity index (χ3n) is 3.01. The van der Waals surface area contributed by atoms with Gasteiger partial charge in [-0.25, -0.2) is 0 Å². The molecule has 84 valence electrons. The lowest BCUT2D eigenvalue weighted by atomic mass is 9.88. The first kappa shape index (κ1) is 12.3. The second-order valence-corrected chi connectivity index (χ2v) is 4.48. The Balaban J connectivity index is 0.000000151. The number of aryl methyl sites for hydroxylation is 1. The van der Waals surface area contributed by atoms with Crippen molar-refractivity contribution >= 4 is 0 Å². The van der Waals surface area contributed by atoms with Crippen molar-refractivity contribution in [2.75, 3.05) is 0 Å². The van der Waals surface area contributed by atoms with Crippen LogP contribution >= 0.6 is 0 Å². The first-order valence-corrected chi connectivity index (χ1v) is 5.90. The normalized spacial score (nSPS) is 25.3. The molecule has 1 aliphatic rings. The van der Waals surface area contributed by atoms with Gasteiger partial charge in [0.05, 0.1) is 6.10 Å². The Hall–Kier alpha value is -0.820. The summed E-state index contributed by atoms with van der Waals surface area (Å²) in [6.45, 7) is 4.21. The van der Waals surface area contributed by atoms with Crippen LogP contribution in [0.15, 0.2) is 30.3 Å². The van der Waals surface area contributed by atoms with Crippen LogP contribution in [0.25, 0.3) is 0 Å². The number of hydrogen-bond acceptors (Lipinski definition) is 1. The fraction of sp³-hybridized carbons (Fsp3) is 0.571. The highest BCUT2D eigenvalue weighted by molar-refractivity contribution is 5.11. The van der Waals surface area contributed by atoms with Crippen molar-refractivity contribution in [3.05, 3.63) is 35.9 Å². The molecule has 2 rings (SSSR count). The van der Waals surface area contributed by atoms with E-state index in [1.807, 2.05) is 18.2 Å². The summed E-state index contributed by atoms with van der Waals surface area (Å²) in [6.07, 6.45) is 4.80. The second kappa shape index (κ2) is 6.62. The minimum absolute atomic E-state index is 0.00347. The molecule has 15 heavy (non-hydrogen) atoms. The maximum atomic E-state index is 9.18. The molecular weight excluding hydrogens is 184 g/mol. The lowest BCUT2D eigenvalue weighted by Crippen LogP contribution is -2.21. The topological polar surface area (TPSA) is 20.2 Å². The molecule has 1 aromatic rings. The molecule has 1 aliphatic carbocycles. The molecule has 0 spiro atoms. The van der Waals surface area contributed by atoms with Crippen LogP contribution < -0.4 is 0 Å². The van der Waals surface area contributed by atoms with Crippen molar-refractivity contribution in [2.45, 2.75) is 45.6 Å². The standard InChI is InChI=1S/C7H14O.C7H8/c1-6-4-2-3-5-7(6)8;1-7-5-3-2-4-6-7/h6-8H,2-5H2,1H3;2-6H,1H3. The van der Waals surface area contributed by atoms with Gasteiger partial charge in [-0.15, -0.1) is 0 Å². The molecule has 0 radical (unpaired) electrons. The van der Waals surface area contributed by atoms with E-state index in [9.17, 15) is 5.11 Å². The van der Waals surface area contributed by atoms with Crippen molar-refractivity contribution in [1.82, 2.24) is 0 Å². The Bertz CT molecular complexity index is 245. The average molecular weight is 206 g/mol. The van der Waals surface area contributed by atoms with Gasteiger partial charge in [-0.2, -0.15) is 0 Å². The van der Waals surface area contributed by atoms with Crippen molar-refractivity contribution in [3.63, 3.8) is 0 Å². The van der Waals surface area contributed by atoms with E-state index >= 15 is 0 Å². The number of aliphatic hydroxyl groups is 1. The summed E-state index contributed by atoms with van der Waals surface area (Å²) in [5.74, 6) is 0.559. The highest BCUT2D eigenvalue weighted by Gasteiger charge is 2.17. The summed E-state index contributed by atoms with van der Waals surface area (Å²) in [7, 11) is 0. The van der Waals surface area contributed by atoms with Gasteiger partial charge in [0.15, 0.2) is 0 Å². The predicted molar refractivity (Wildman–Crippen MR) is 64.8 cm³/mol. The molecule has 0 heterocycles. The van der Waals surface area contributed by atoms with Gasteiger partial charge in [0.25, 0.3) is 0 Å². The van der Waals surface area contributed by atoms with E-state index < -0.39 is 0 Å². The summed E-state index contributed by atoms with van der Waals surface area (Å²) < 4.78 is 0. The summed E-state index contributed by atoms with van der Waals surface area (Å²) >= 11 is 0. The zero-order valence-corrected chi connectivity index (χ0v) is 9.82. The number of rotatable bonds is 0. The quantitative estimate of drug-likeness (QED) is 0.688. The van der Waals surface area contributed by atoms with Crippen LogP contribution in [0.1, 0.15) is 38.2 Å². The largest absolute Gasteiger partial charge is 0.393 e. The van der Waals surface area contributed by atoms with Crippen LogP contribution in [0.4, 0.5) is 0 Å². The second-order valence-electron chi connectivity index (χ2n) is 4.48. The maximum absolute atomic E-state index is 9.18. The number of hydrogen-bond donors (Lipinski definition) is 1. The van der Waals surface area contributed by atoms with E-state index in [-0.39, 0.29) is 6.10 Å². The molecule has 1 nitrogen and oxygen atoms in total. The highest BCUT2D eigenvalue weighted by Crippen LogP contribution is 2.22. The summed E-state index contributed by atoms with van der Waals surface area (Å²) in [5, 5.41) is 9.18. The van der Waals surface area contributed by atoms with Gasteiger partial charge in [0, 0.05) is 0 Å². The molecule has 1 heteroatoms. The van der Waals surface area contributed by atoms with Gasteiger partial charge in [0.2, 0.25) is 0 Å². The van der Waals surface area contributed by atoms with E-state index in [1.165, 1.54) is 24.8 Å². The minimum Gasteiger partial charge on any atom is -0.393 e. The van der Waals surface area contributed by atoms with Crippen LogP contribution in [0, 0.1) is 12.8 Å². The highest BCUT2D eigenvalue weighted by atomic mass is 16.3. The zero-order chi connectivity index (χ0) is 11.1. The summed E-state index contributed by atoms with van der Waals surface area (Å²) in [5.41, 5.74) is 1.32. The van der Waals surface area contributed by atoms with Gasteiger partial charge in [-0.3, -0.25) is 0 Å². The average Bonchev–Trinajstić information content (AvgIpc) is 2.25. The number of aliphatic hydroxyl groups excluding tert-OH is 1. The van der Waals surface area contributed by atoms with E-state index in [4.69, 9.17) is 0 Å². The third-order valence-corrected chi connectivity index (χ3v) is 3.01. The lowest BCUT2D eigenvalue weighted by Gasteiger charge is -2.23. The predicted octanol–water partition coefficient (Wildman–Crippen LogP) is 3.55. The van der Waals surface area contributed by atoms with Gasteiger partial charge >= 0.3 is 0 Å². The first-order chi connectivity index (χ1) is 7.20. The van der Waals surface area contributed by atoms with E-state index in [0.29, 0.717) is 5.92 Å². The van der Waals surface area contributed by atoms with Gasteiger partial charge in [0.1, 0.15) is 0 Å². The van der Waals surface area contributed by atoms with E-state index in [0.717, 1.165) is 6.42 Å². The Morgan fingerprint density at radius 3 is 2.00 bits per heavy atom. The molecule has 0 amide bonds. The molecule has 0 aromatic heterocycles. The monoisotopic (exact) mass is 206 g/mol. The van der Waals surface area contributed by atoms with Crippen LogP contribution in [-0.4, -0.2) is 11.2 Å².